The standard InChI is InChI=1S/C10H16N2O2S2/c1-6-7(5-15)16-8(11-6)12-9(13)14-10(2,3)4/h15H,5H2,1-4H3,(H,11,12,13). The number of nitrogens with zero attached hydrogens (tertiary/aromatic N) is 1. The van der Waals surface area contributed by atoms with E-state index in [1.165, 1.54) is 11.3 Å². The number of anilines is 1. The lowest BCUT2D eigenvalue weighted by Crippen LogP contribution is -2.27. The molecule has 1 heterocycles. The Bertz CT molecular complexity index is 383. The Kier molecular flexibility index (Phi) is 4.21. The van der Waals surface area contributed by atoms with Crippen LogP contribution in [0, 0.1) is 6.92 Å². The van der Waals surface area contributed by atoms with Crippen LogP contribution in [0.15, 0.2) is 0 Å². The van der Waals surface area contributed by atoms with Crippen molar-refractivity contribution in [1.29, 1.82) is 0 Å². The van der Waals surface area contributed by atoms with Crippen LogP contribution >= 0.6 is 24.0 Å². The Morgan fingerprint density at radius 3 is 2.62 bits per heavy atom. The molecule has 1 rings (SSSR count). The smallest absolute Gasteiger partial charge is 0.413 e. The fraction of sp³-hybridized carbons (Fsp3) is 0.600. The van der Waals surface area contributed by atoms with Crippen LogP contribution in [0.4, 0.5) is 9.93 Å². The number of aryl methyl sites for hydroxylation is 1. The van der Waals surface area contributed by atoms with Crippen LogP contribution < -0.4 is 5.32 Å². The summed E-state index contributed by atoms with van der Waals surface area (Å²) in [7, 11) is 0. The van der Waals surface area contributed by atoms with Gasteiger partial charge < -0.3 is 4.74 Å². The van der Waals surface area contributed by atoms with Crippen molar-refractivity contribution in [2.75, 3.05) is 5.32 Å². The van der Waals surface area contributed by atoms with Gasteiger partial charge in [-0.25, -0.2) is 9.78 Å². The fourth-order valence-corrected chi connectivity index (χ4v) is 2.25. The number of rotatable bonds is 2. The highest BCUT2D eigenvalue weighted by Crippen LogP contribution is 2.24. The highest BCUT2D eigenvalue weighted by Gasteiger charge is 2.17. The van der Waals surface area contributed by atoms with Gasteiger partial charge in [0.15, 0.2) is 5.13 Å². The normalized spacial score (nSPS) is 11.3. The lowest BCUT2D eigenvalue weighted by molar-refractivity contribution is 0.0636. The molecule has 1 N–H and O–H groups in total. The topological polar surface area (TPSA) is 51.2 Å². The van der Waals surface area contributed by atoms with Crippen molar-refractivity contribution < 1.29 is 9.53 Å². The molecule has 16 heavy (non-hydrogen) atoms. The number of nitrogens with one attached hydrogen (secondary N) is 1. The van der Waals surface area contributed by atoms with Crippen LogP contribution in [0.3, 0.4) is 0 Å². The zero-order valence-corrected chi connectivity index (χ0v) is 11.5. The monoisotopic (exact) mass is 260 g/mol. The van der Waals surface area contributed by atoms with Gasteiger partial charge in [-0.1, -0.05) is 0 Å². The van der Waals surface area contributed by atoms with E-state index in [1.807, 2.05) is 27.7 Å². The highest BCUT2D eigenvalue weighted by atomic mass is 32.1. The van der Waals surface area contributed by atoms with E-state index >= 15 is 0 Å². The number of ether oxygens (including phenoxy) is 1. The van der Waals surface area contributed by atoms with Crippen molar-refractivity contribution in [3.63, 3.8) is 0 Å². The average molecular weight is 260 g/mol. The summed E-state index contributed by atoms with van der Waals surface area (Å²) in [6.45, 7) is 7.35. The second-order valence-corrected chi connectivity index (χ2v) is 5.71. The first kappa shape index (κ1) is 13.3. The molecule has 1 aromatic heterocycles. The van der Waals surface area contributed by atoms with E-state index in [2.05, 4.69) is 22.9 Å². The predicted octanol–water partition coefficient (Wildman–Crippen LogP) is 3.23. The van der Waals surface area contributed by atoms with Gasteiger partial charge in [0.1, 0.15) is 5.60 Å². The Balaban J connectivity index is 2.63. The second-order valence-electron chi connectivity index (χ2n) is 4.31. The van der Waals surface area contributed by atoms with Gasteiger partial charge in [-0.15, -0.1) is 11.3 Å². The first-order chi connectivity index (χ1) is 7.31. The van der Waals surface area contributed by atoms with Gasteiger partial charge in [0.25, 0.3) is 0 Å². The molecule has 0 spiro atoms. The SMILES string of the molecule is Cc1nc(NC(=O)OC(C)(C)C)sc1CS. The summed E-state index contributed by atoms with van der Waals surface area (Å²) in [6.07, 6.45) is -0.480. The number of thiol groups is 1. The zero-order chi connectivity index (χ0) is 12.3. The van der Waals surface area contributed by atoms with E-state index in [0.29, 0.717) is 10.9 Å². The number of aromatic nitrogens is 1. The van der Waals surface area contributed by atoms with E-state index in [1.54, 1.807) is 0 Å². The van der Waals surface area contributed by atoms with Crippen LogP contribution in [0.5, 0.6) is 0 Å². The molecule has 0 aromatic carbocycles. The van der Waals surface area contributed by atoms with Crippen molar-refractivity contribution in [2.45, 2.75) is 39.0 Å². The van der Waals surface area contributed by atoms with E-state index in [9.17, 15) is 4.79 Å². The summed E-state index contributed by atoms with van der Waals surface area (Å²) in [5.74, 6) is 0.625. The lowest BCUT2D eigenvalue weighted by atomic mass is 10.2. The Labute approximate surface area is 105 Å². The third kappa shape index (κ3) is 4.02. The number of hydrogen-bond donors (Lipinski definition) is 2. The van der Waals surface area contributed by atoms with Gasteiger partial charge in [0.2, 0.25) is 0 Å². The van der Waals surface area contributed by atoms with Crippen LogP contribution in [0.2, 0.25) is 0 Å². The molecule has 0 aliphatic rings. The first-order valence-corrected chi connectivity index (χ1v) is 6.34. The molecular formula is C10H16N2O2S2. The predicted molar refractivity (Wildman–Crippen MR) is 69.4 cm³/mol. The minimum Gasteiger partial charge on any atom is -0.444 e. The molecule has 4 nitrogen and oxygen atoms in total. The summed E-state index contributed by atoms with van der Waals surface area (Å²) >= 11 is 5.59. The molecule has 0 atom stereocenters. The van der Waals surface area contributed by atoms with Crippen molar-refractivity contribution in [3.05, 3.63) is 10.6 Å². The van der Waals surface area contributed by atoms with Crippen molar-refractivity contribution >= 4 is 35.2 Å². The van der Waals surface area contributed by atoms with Gasteiger partial charge >= 0.3 is 6.09 Å². The number of thiazole rings is 1. The molecule has 0 aliphatic heterocycles. The summed E-state index contributed by atoms with van der Waals surface area (Å²) in [5, 5.41) is 3.16. The quantitative estimate of drug-likeness (QED) is 0.803. The largest absolute Gasteiger partial charge is 0.444 e. The van der Waals surface area contributed by atoms with E-state index in [4.69, 9.17) is 4.74 Å². The van der Waals surface area contributed by atoms with Crippen LogP contribution in [-0.4, -0.2) is 16.7 Å². The van der Waals surface area contributed by atoms with Crippen molar-refractivity contribution in [2.24, 2.45) is 0 Å². The maximum atomic E-state index is 11.5. The van der Waals surface area contributed by atoms with Gasteiger partial charge in [0.05, 0.1) is 5.69 Å². The molecule has 0 bridgehead atoms. The fourth-order valence-electron chi connectivity index (χ4n) is 1.02. The summed E-state index contributed by atoms with van der Waals surface area (Å²) < 4.78 is 5.12. The lowest BCUT2D eigenvalue weighted by Gasteiger charge is -2.18. The molecule has 0 unspecified atom stereocenters. The first-order valence-electron chi connectivity index (χ1n) is 4.89. The third-order valence-electron chi connectivity index (χ3n) is 1.64. The molecule has 1 aromatic rings. The maximum Gasteiger partial charge on any atom is 0.413 e. The molecular weight excluding hydrogens is 244 g/mol. The molecule has 0 radical (unpaired) electrons. The van der Waals surface area contributed by atoms with Crippen LogP contribution in [0.1, 0.15) is 31.3 Å². The van der Waals surface area contributed by atoms with Crippen LogP contribution in [0.25, 0.3) is 0 Å². The number of hydrogen-bond acceptors (Lipinski definition) is 5. The second kappa shape index (κ2) is 5.05. The van der Waals surface area contributed by atoms with Crippen LogP contribution in [-0.2, 0) is 10.5 Å². The van der Waals surface area contributed by atoms with E-state index < -0.39 is 11.7 Å². The maximum absolute atomic E-state index is 11.5. The molecule has 0 aliphatic carbocycles. The minimum atomic E-state index is -0.497. The summed E-state index contributed by atoms with van der Waals surface area (Å²) in [4.78, 5) is 16.7. The van der Waals surface area contributed by atoms with E-state index in [0.717, 1.165) is 10.6 Å². The molecule has 6 heteroatoms. The zero-order valence-electron chi connectivity index (χ0n) is 9.83. The van der Waals surface area contributed by atoms with Gasteiger partial charge in [-0.2, -0.15) is 12.6 Å². The molecule has 90 valence electrons. The Morgan fingerprint density at radius 2 is 2.19 bits per heavy atom. The average Bonchev–Trinajstić information content (AvgIpc) is 2.42. The van der Waals surface area contributed by atoms with Gasteiger partial charge in [-0.3, -0.25) is 5.32 Å². The Hall–Kier alpha value is -0.750. The summed E-state index contributed by atoms with van der Waals surface area (Å²) in [6, 6.07) is 0. The van der Waals surface area contributed by atoms with Gasteiger partial charge in [-0.05, 0) is 27.7 Å². The number of carbonyl (C=O) groups is 1. The van der Waals surface area contributed by atoms with Crippen molar-refractivity contribution in [1.82, 2.24) is 4.98 Å². The molecule has 0 saturated carbocycles. The Morgan fingerprint density at radius 1 is 1.56 bits per heavy atom. The van der Waals surface area contributed by atoms with Gasteiger partial charge in [0, 0.05) is 10.6 Å². The molecule has 1 amide bonds. The highest BCUT2D eigenvalue weighted by molar-refractivity contribution is 7.79. The summed E-state index contributed by atoms with van der Waals surface area (Å²) in [5.41, 5.74) is 0.397. The van der Waals surface area contributed by atoms with E-state index in [-0.39, 0.29) is 0 Å². The minimum absolute atomic E-state index is 0.480. The third-order valence-corrected chi connectivity index (χ3v) is 3.25. The number of amides is 1. The number of carbonyl (C=O) groups excluding carboxylic acids is 1. The molecule has 0 saturated heterocycles. The molecule has 0 fully saturated rings. The van der Waals surface area contributed by atoms with Crippen molar-refractivity contribution in [3.8, 4) is 0 Å².